The molecule has 2 aliphatic heterocycles. The number of benzene rings is 1. The quantitative estimate of drug-likeness (QED) is 0.725. The van der Waals surface area contributed by atoms with Gasteiger partial charge in [-0.3, -0.25) is 4.21 Å². The summed E-state index contributed by atoms with van der Waals surface area (Å²) in [4.78, 5) is 12.3. The van der Waals surface area contributed by atoms with Crippen LogP contribution >= 0.6 is 11.6 Å². The van der Waals surface area contributed by atoms with Gasteiger partial charge in [0, 0.05) is 29.7 Å². The minimum atomic E-state index is -1.28. The number of halogens is 1. The molecule has 1 saturated heterocycles. The van der Waals surface area contributed by atoms with Crippen molar-refractivity contribution < 1.29 is 14.1 Å². The largest absolute Gasteiger partial charge is 0.463 e. The maximum absolute atomic E-state index is 12.5. The monoisotopic (exact) mass is 448 g/mol. The first-order valence-corrected chi connectivity index (χ1v) is 12.1. The first-order valence-electron chi connectivity index (χ1n) is 10.4. The number of aliphatic hydroxyl groups excluding tert-OH is 1. The zero-order valence-electron chi connectivity index (χ0n) is 16.6. The summed E-state index contributed by atoms with van der Waals surface area (Å²) in [5.41, 5.74) is 0.799. The molecule has 1 aromatic carbocycles. The molecule has 2 fully saturated rings. The van der Waals surface area contributed by atoms with Crippen LogP contribution < -0.4 is 15.0 Å². The molecule has 3 heterocycles. The van der Waals surface area contributed by atoms with E-state index in [0.717, 1.165) is 56.0 Å². The standard InChI is InChI=1S/C21H25ClN4O3S/c22-15-2-4-16(5-3-15)26-10-6-14(7-11-26)18-23-19(25-21(12-27)8-1-9-21)17-20(24-18)29-13-30(17)28/h2-5,14,27H,1,6-13H2,(H,23,24,25)/t30-/m1/s1. The van der Waals surface area contributed by atoms with Gasteiger partial charge in [0.15, 0.2) is 11.8 Å². The Morgan fingerprint density at radius 1 is 1.23 bits per heavy atom. The molecular weight excluding hydrogens is 424 g/mol. The van der Waals surface area contributed by atoms with E-state index in [1.807, 2.05) is 24.3 Å². The van der Waals surface area contributed by atoms with Gasteiger partial charge in [-0.2, -0.15) is 4.98 Å². The van der Waals surface area contributed by atoms with Crippen LogP contribution in [0.25, 0.3) is 0 Å². The Hall–Kier alpha value is -1.90. The number of hydrogen-bond donors (Lipinski definition) is 2. The van der Waals surface area contributed by atoms with Crippen molar-refractivity contribution in [3.8, 4) is 5.88 Å². The Bertz CT molecular complexity index is 954. The number of nitrogens with one attached hydrogen (secondary N) is 1. The normalized spacial score (nSPS) is 22.9. The Morgan fingerprint density at radius 2 is 1.97 bits per heavy atom. The molecule has 3 aliphatic rings. The van der Waals surface area contributed by atoms with Crippen molar-refractivity contribution in [2.24, 2.45) is 0 Å². The lowest BCUT2D eigenvalue weighted by molar-refractivity contribution is 0.143. The molecule has 0 amide bonds. The number of hydrogen-bond acceptors (Lipinski definition) is 7. The van der Waals surface area contributed by atoms with Gasteiger partial charge in [0.1, 0.15) is 21.5 Å². The summed E-state index contributed by atoms with van der Waals surface area (Å²) in [6.07, 6.45) is 4.68. The summed E-state index contributed by atoms with van der Waals surface area (Å²) in [7, 11) is -1.28. The summed E-state index contributed by atoms with van der Waals surface area (Å²) in [6.45, 7) is 1.85. The molecule has 1 atom stereocenters. The van der Waals surface area contributed by atoms with E-state index in [4.69, 9.17) is 21.3 Å². The third-order valence-corrected chi connectivity index (χ3v) is 7.84. The zero-order valence-corrected chi connectivity index (χ0v) is 18.2. The van der Waals surface area contributed by atoms with Crippen LogP contribution in [0.2, 0.25) is 5.02 Å². The average molecular weight is 449 g/mol. The number of fused-ring (bicyclic) bond motifs is 1. The van der Waals surface area contributed by atoms with Gasteiger partial charge in [-0.05, 0) is 56.4 Å². The Kier molecular flexibility index (Phi) is 5.33. The maximum Gasteiger partial charge on any atom is 0.236 e. The fourth-order valence-electron chi connectivity index (χ4n) is 4.41. The van der Waals surface area contributed by atoms with Crippen LogP contribution in [0.3, 0.4) is 0 Å². The molecule has 0 spiro atoms. The van der Waals surface area contributed by atoms with Gasteiger partial charge in [0.05, 0.1) is 12.1 Å². The van der Waals surface area contributed by atoms with E-state index in [-0.39, 0.29) is 24.0 Å². The molecule has 30 heavy (non-hydrogen) atoms. The van der Waals surface area contributed by atoms with Crippen molar-refractivity contribution in [1.29, 1.82) is 0 Å². The number of piperidine rings is 1. The second kappa shape index (κ2) is 7.98. The number of nitrogens with zero attached hydrogens (tertiary/aromatic N) is 3. The summed E-state index contributed by atoms with van der Waals surface area (Å²) < 4.78 is 18.1. The van der Waals surface area contributed by atoms with Crippen molar-refractivity contribution >= 4 is 33.9 Å². The van der Waals surface area contributed by atoms with Gasteiger partial charge in [0.2, 0.25) is 5.88 Å². The van der Waals surface area contributed by atoms with Crippen LogP contribution in [0, 0.1) is 0 Å². The van der Waals surface area contributed by atoms with E-state index in [1.165, 1.54) is 5.69 Å². The summed E-state index contributed by atoms with van der Waals surface area (Å²) in [5.74, 6) is 2.05. The Morgan fingerprint density at radius 3 is 2.60 bits per heavy atom. The smallest absolute Gasteiger partial charge is 0.236 e. The Labute approximate surface area is 183 Å². The van der Waals surface area contributed by atoms with Crippen LogP contribution in [-0.4, -0.2) is 50.5 Å². The first-order chi connectivity index (χ1) is 14.6. The van der Waals surface area contributed by atoms with Gasteiger partial charge in [-0.25, -0.2) is 4.98 Å². The third kappa shape index (κ3) is 3.65. The molecule has 1 aliphatic carbocycles. The van der Waals surface area contributed by atoms with E-state index < -0.39 is 10.8 Å². The predicted octanol–water partition coefficient (Wildman–Crippen LogP) is 3.30. The van der Waals surface area contributed by atoms with Gasteiger partial charge < -0.3 is 20.1 Å². The van der Waals surface area contributed by atoms with Crippen molar-refractivity contribution in [3.05, 3.63) is 35.1 Å². The lowest BCUT2D eigenvalue weighted by atomic mass is 9.77. The van der Waals surface area contributed by atoms with Crippen molar-refractivity contribution in [3.63, 3.8) is 0 Å². The van der Waals surface area contributed by atoms with Gasteiger partial charge in [-0.1, -0.05) is 11.6 Å². The van der Waals surface area contributed by atoms with E-state index >= 15 is 0 Å². The highest BCUT2D eigenvalue weighted by Gasteiger charge is 2.39. The molecule has 0 bridgehead atoms. The molecule has 1 saturated carbocycles. The lowest BCUT2D eigenvalue weighted by Gasteiger charge is -2.41. The minimum absolute atomic E-state index is 0.0358. The van der Waals surface area contributed by atoms with Crippen LogP contribution in [-0.2, 0) is 10.8 Å². The number of aliphatic hydroxyl groups is 1. The maximum atomic E-state index is 12.5. The molecular formula is C21H25ClN4O3S. The van der Waals surface area contributed by atoms with E-state index in [2.05, 4.69) is 15.2 Å². The average Bonchev–Trinajstić information content (AvgIpc) is 3.12. The fourth-order valence-corrected chi connectivity index (χ4v) is 5.48. The fraction of sp³-hybridized carbons (Fsp3) is 0.524. The molecule has 9 heteroatoms. The van der Waals surface area contributed by atoms with E-state index in [1.54, 1.807) is 0 Å². The van der Waals surface area contributed by atoms with Crippen molar-refractivity contribution in [2.45, 2.75) is 48.5 Å². The molecule has 160 valence electrons. The van der Waals surface area contributed by atoms with E-state index in [9.17, 15) is 9.32 Å². The number of anilines is 2. The third-order valence-electron chi connectivity index (χ3n) is 6.43. The van der Waals surface area contributed by atoms with Crippen LogP contribution in [0.1, 0.15) is 43.8 Å². The molecule has 2 N–H and O–H groups in total. The van der Waals surface area contributed by atoms with E-state index in [0.29, 0.717) is 16.6 Å². The second-order valence-electron chi connectivity index (χ2n) is 8.33. The van der Waals surface area contributed by atoms with Gasteiger partial charge in [0.25, 0.3) is 0 Å². The molecule has 1 aromatic heterocycles. The van der Waals surface area contributed by atoms with Gasteiger partial charge >= 0.3 is 0 Å². The van der Waals surface area contributed by atoms with Crippen LogP contribution in [0.4, 0.5) is 11.5 Å². The van der Waals surface area contributed by atoms with Crippen molar-refractivity contribution in [1.82, 2.24) is 9.97 Å². The number of ether oxygens (including phenoxy) is 1. The Balaban J connectivity index is 1.37. The summed E-state index contributed by atoms with van der Waals surface area (Å²) in [6, 6.07) is 7.93. The molecule has 0 radical (unpaired) electrons. The second-order valence-corrected chi connectivity index (χ2v) is 10.1. The van der Waals surface area contributed by atoms with Crippen molar-refractivity contribution in [2.75, 3.05) is 35.9 Å². The highest BCUT2D eigenvalue weighted by atomic mass is 35.5. The van der Waals surface area contributed by atoms with Crippen LogP contribution in [0.5, 0.6) is 5.88 Å². The number of aromatic nitrogens is 2. The highest BCUT2D eigenvalue weighted by molar-refractivity contribution is 7.85. The number of rotatable bonds is 5. The zero-order chi connectivity index (χ0) is 20.7. The molecule has 0 unspecified atom stereocenters. The SMILES string of the molecule is O=[S@@]1COc2nc(C3CCN(c4ccc(Cl)cc4)CC3)nc(NC3(CO)CCC3)c21. The van der Waals surface area contributed by atoms with Gasteiger partial charge in [-0.15, -0.1) is 0 Å². The molecule has 2 aromatic rings. The minimum Gasteiger partial charge on any atom is -0.463 e. The summed E-state index contributed by atoms with van der Waals surface area (Å²) in [5, 5.41) is 14.0. The topological polar surface area (TPSA) is 87.6 Å². The highest BCUT2D eigenvalue weighted by Crippen LogP contribution is 2.41. The predicted molar refractivity (Wildman–Crippen MR) is 117 cm³/mol. The lowest BCUT2D eigenvalue weighted by Crippen LogP contribution is -2.48. The first kappa shape index (κ1) is 20.0. The molecule has 5 rings (SSSR count). The molecule has 7 nitrogen and oxygen atoms in total. The van der Waals surface area contributed by atoms with Crippen LogP contribution in [0.15, 0.2) is 29.2 Å². The summed E-state index contributed by atoms with van der Waals surface area (Å²) >= 11 is 6.01.